The van der Waals surface area contributed by atoms with Crippen LogP contribution in [0.25, 0.3) is 6.08 Å². The molecule has 0 radical (unpaired) electrons. The van der Waals surface area contributed by atoms with Crippen molar-refractivity contribution in [1.29, 1.82) is 0 Å². The van der Waals surface area contributed by atoms with Crippen molar-refractivity contribution in [2.45, 2.75) is 0 Å². The lowest BCUT2D eigenvalue weighted by Gasteiger charge is -2.18. The second kappa shape index (κ2) is 5.74. The molecule has 21 heavy (non-hydrogen) atoms. The second-order valence-corrected chi connectivity index (χ2v) is 5.59. The van der Waals surface area contributed by atoms with E-state index in [0.717, 1.165) is 15.8 Å². The molecule has 0 N–H and O–H groups in total. The molecule has 106 valence electrons. The summed E-state index contributed by atoms with van der Waals surface area (Å²) in [6.07, 6.45) is 1.82. The zero-order chi connectivity index (χ0) is 14.8. The van der Waals surface area contributed by atoms with E-state index in [1.165, 1.54) is 0 Å². The Kier molecular flexibility index (Phi) is 3.80. The van der Waals surface area contributed by atoms with Crippen LogP contribution in [0.3, 0.4) is 0 Å². The van der Waals surface area contributed by atoms with Crippen LogP contribution in [0.1, 0.15) is 15.9 Å². The minimum Gasteiger partial charge on any atom is -0.496 e. The first kappa shape index (κ1) is 13.9. The van der Waals surface area contributed by atoms with Gasteiger partial charge in [-0.05, 0) is 36.4 Å². The Morgan fingerprint density at radius 2 is 2.05 bits per heavy atom. The van der Waals surface area contributed by atoms with E-state index in [4.69, 9.17) is 9.47 Å². The summed E-state index contributed by atoms with van der Waals surface area (Å²) in [6, 6.07) is 13.0. The minimum atomic E-state index is -0.00104. The maximum atomic E-state index is 12.5. The van der Waals surface area contributed by atoms with Gasteiger partial charge in [0, 0.05) is 15.6 Å². The number of fused-ring (bicyclic) bond motifs is 1. The van der Waals surface area contributed by atoms with Crippen molar-refractivity contribution in [1.82, 2.24) is 0 Å². The Hall–Kier alpha value is -2.07. The van der Waals surface area contributed by atoms with E-state index in [-0.39, 0.29) is 12.4 Å². The summed E-state index contributed by atoms with van der Waals surface area (Å²) in [6.45, 7) is 0.269. The smallest absolute Gasteiger partial charge is 0.196 e. The molecule has 1 aliphatic heterocycles. The SMILES string of the molecule is COc1ccc(Br)cc1C=C1COc2ccccc2C1=O. The third-order valence-electron chi connectivity index (χ3n) is 3.33. The molecule has 0 aliphatic carbocycles. The molecular weight excluding hydrogens is 332 g/mol. The first-order valence-electron chi connectivity index (χ1n) is 6.49. The van der Waals surface area contributed by atoms with E-state index in [9.17, 15) is 4.79 Å². The number of carbonyl (C=O) groups is 1. The number of methoxy groups -OCH3 is 1. The van der Waals surface area contributed by atoms with Crippen molar-refractivity contribution in [3.63, 3.8) is 0 Å². The first-order chi connectivity index (χ1) is 10.2. The number of ether oxygens (including phenoxy) is 2. The van der Waals surface area contributed by atoms with Gasteiger partial charge in [-0.15, -0.1) is 0 Å². The summed E-state index contributed by atoms with van der Waals surface area (Å²) >= 11 is 3.43. The third-order valence-corrected chi connectivity index (χ3v) is 3.82. The highest BCUT2D eigenvalue weighted by Crippen LogP contribution is 2.30. The van der Waals surface area contributed by atoms with Gasteiger partial charge < -0.3 is 9.47 Å². The minimum absolute atomic E-state index is 0.00104. The van der Waals surface area contributed by atoms with E-state index in [0.29, 0.717) is 16.9 Å². The fourth-order valence-electron chi connectivity index (χ4n) is 2.29. The molecule has 4 heteroatoms. The monoisotopic (exact) mass is 344 g/mol. The van der Waals surface area contributed by atoms with Crippen LogP contribution >= 0.6 is 15.9 Å². The molecule has 3 rings (SSSR count). The van der Waals surface area contributed by atoms with Crippen LogP contribution in [-0.4, -0.2) is 19.5 Å². The average Bonchev–Trinajstić information content (AvgIpc) is 2.51. The number of hydrogen-bond donors (Lipinski definition) is 0. The number of Topliss-reactive ketones (excluding diaryl/α,β-unsaturated/α-hetero) is 1. The predicted molar refractivity (Wildman–Crippen MR) is 84.9 cm³/mol. The van der Waals surface area contributed by atoms with Crippen LogP contribution in [0.4, 0.5) is 0 Å². The first-order valence-corrected chi connectivity index (χ1v) is 7.29. The second-order valence-electron chi connectivity index (χ2n) is 4.67. The Balaban J connectivity index is 2.02. The zero-order valence-corrected chi connectivity index (χ0v) is 13.0. The molecule has 2 aromatic rings. The summed E-state index contributed by atoms with van der Waals surface area (Å²) in [7, 11) is 1.61. The maximum Gasteiger partial charge on any atom is 0.196 e. The Labute approximate surface area is 131 Å². The standard InChI is InChI=1S/C17H13BrO3/c1-20-15-7-6-13(18)9-11(15)8-12-10-21-16-5-3-2-4-14(16)17(12)19/h2-9H,10H2,1H3. The van der Waals surface area contributed by atoms with Gasteiger partial charge in [-0.2, -0.15) is 0 Å². The molecule has 1 aliphatic rings. The largest absolute Gasteiger partial charge is 0.496 e. The predicted octanol–water partition coefficient (Wildman–Crippen LogP) is 4.12. The number of ketones is 1. The van der Waals surface area contributed by atoms with Gasteiger partial charge in [0.05, 0.1) is 12.7 Å². The van der Waals surface area contributed by atoms with Crippen LogP contribution in [0.2, 0.25) is 0 Å². The van der Waals surface area contributed by atoms with Gasteiger partial charge in [0.25, 0.3) is 0 Å². The number of para-hydroxylation sites is 1. The number of carbonyl (C=O) groups excluding carboxylic acids is 1. The number of halogens is 1. The van der Waals surface area contributed by atoms with E-state index in [1.807, 2.05) is 42.5 Å². The van der Waals surface area contributed by atoms with Gasteiger partial charge >= 0.3 is 0 Å². The van der Waals surface area contributed by atoms with Crippen LogP contribution in [0.15, 0.2) is 52.5 Å². The highest BCUT2D eigenvalue weighted by Gasteiger charge is 2.23. The van der Waals surface area contributed by atoms with Gasteiger partial charge in [-0.1, -0.05) is 28.1 Å². The quantitative estimate of drug-likeness (QED) is 0.769. The maximum absolute atomic E-state index is 12.5. The number of rotatable bonds is 2. The zero-order valence-electron chi connectivity index (χ0n) is 11.4. The highest BCUT2D eigenvalue weighted by molar-refractivity contribution is 9.10. The molecule has 3 nitrogen and oxygen atoms in total. The van der Waals surface area contributed by atoms with Gasteiger partial charge in [0.2, 0.25) is 0 Å². The molecule has 0 fully saturated rings. The Bertz CT molecular complexity index is 735. The van der Waals surface area contributed by atoms with Crippen LogP contribution in [0.5, 0.6) is 11.5 Å². The fraction of sp³-hybridized carbons (Fsp3) is 0.118. The van der Waals surface area contributed by atoms with E-state index in [2.05, 4.69) is 15.9 Å². The van der Waals surface area contributed by atoms with Crippen molar-refractivity contribution >= 4 is 27.8 Å². The van der Waals surface area contributed by atoms with Crippen molar-refractivity contribution < 1.29 is 14.3 Å². The van der Waals surface area contributed by atoms with Crippen LogP contribution in [0, 0.1) is 0 Å². The highest BCUT2D eigenvalue weighted by atomic mass is 79.9. The van der Waals surface area contributed by atoms with Crippen molar-refractivity contribution in [3.8, 4) is 11.5 Å². The molecule has 0 spiro atoms. The Morgan fingerprint density at radius 3 is 2.86 bits per heavy atom. The molecule has 0 unspecified atom stereocenters. The topological polar surface area (TPSA) is 35.5 Å². The molecule has 0 saturated heterocycles. The molecule has 0 aromatic heterocycles. The number of benzene rings is 2. The molecule has 0 atom stereocenters. The van der Waals surface area contributed by atoms with E-state index in [1.54, 1.807) is 13.2 Å². The normalized spacial score (nSPS) is 15.5. The van der Waals surface area contributed by atoms with Crippen LogP contribution in [-0.2, 0) is 0 Å². The Morgan fingerprint density at radius 1 is 1.24 bits per heavy atom. The van der Waals surface area contributed by atoms with Crippen LogP contribution < -0.4 is 9.47 Å². The summed E-state index contributed by atoms with van der Waals surface area (Å²) in [5.41, 5.74) is 2.06. The van der Waals surface area contributed by atoms with Crippen molar-refractivity contribution in [2.24, 2.45) is 0 Å². The number of hydrogen-bond acceptors (Lipinski definition) is 3. The molecule has 1 heterocycles. The summed E-state index contributed by atoms with van der Waals surface area (Å²) < 4.78 is 11.9. The molecule has 2 aromatic carbocycles. The van der Waals surface area contributed by atoms with Gasteiger partial charge in [-0.25, -0.2) is 0 Å². The lowest BCUT2D eigenvalue weighted by atomic mass is 9.98. The molecule has 0 bridgehead atoms. The fourth-order valence-corrected chi connectivity index (χ4v) is 2.67. The average molecular weight is 345 g/mol. The lowest BCUT2D eigenvalue weighted by Crippen LogP contribution is -2.18. The molecular formula is C17H13BrO3. The summed E-state index contributed by atoms with van der Waals surface area (Å²) in [4.78, 5) is 12.5. The van der Waals surface area contributed by atoms with Gasteiger partial charge in [0.15, 0.2) is 5.78 Å². The summed E-state index contributed by atoms with van der Waals surface area (Å²) in [5.74, 6) is 1.36. The summed E-state index contributed by atoms with van der Waals surface area (Å²) in [5, 5.41) is 0. The third kappa shape index (κ3) is 2.72. The van der Waals surface area contributed by atoms with Gasteiger partial charge in [-0.3, -0.25) is 4.79 Å². The molecule has 0 saturated carbocycles. The van der Waals surface area contributed by atoms with E-state index < -0.39 is 0 Å². The molecule has 0 amide bonds. The van der Waals surface area contributed by atoms with Crippen molar-refractivity contribution in [2.75, 3.05) is 13.7 Å². The lowest BCUT2D eigenvalue weighted by molar-refractivity contribution is 0.100. The van der Waals surface area contributed by atoms with E-state index >= 15 is 0 Å². The van der Waals surface area contributed by atoms with Crippen molar-refractivity contribution in [3.05, 3.63) is 63.6 Å². The van der Waals surface area contributed by atoms with Gasteiger partial charge in [0.1, 0.15) is 18.1 Å².